The van der Waals surface area contributed by atoms with Gasteiger partial charge in [0.2, 0.25) is 10.0 Å². The van der Waals surface area contributed by atoms with Crippen molar-refractivity contribution in [2.75, 3.05) is 5.88 Å². The SMILES string of the molecule is O=S(=O)(NC1(CCl)CCCC1)c1ccccc1F. The van der Waals surface area contributed by atoms with Crippen molar-refractivity contribution in [3.8, 4) is 0 Å². The van der Waals surface area contributed by atoms with Gasteiger partial charge in [-0.1, -0.05) is 25.0 Å². The number of nitrogens with one attached hydrogen (secondary N) is 1. The van der Waals surface area contributed by atoms with Gasteiger partial charge < -0.3 is 0 Å². The Morgan fingerprint density at radius 2 is 1.89 bits per heavy atom. The summed E-state index contributed by atoms with van der Waals surface area (Å²) in [6.45, 7) is 0. The highest BCUT2D eigenvalue weighted by molar-refractivity contribution is 7.89. The van der Waals surface area contributed by atoms with E-state index >= 15 is 0 Å². The highest BCUT2D eigenvalue weighted by Gasteiger charge is 2.37. The van der Waals surface area contributed by atoms with E-state index in [2.05, 4.69) is 4.72 Å². The molecule has 6 heteroatoms. The van der Waals surface area contributed by atoms with Gasteiger partial charge in [0.25, 0.3) is 0 Å². The van der Waals surface area contributed by atoms with E-state index in [1.165, 1.54) is 18.2 Å². The van der Waals surface area contributed by atoms with Crippen molar-refractivity contribution in [3.05, 3.63) is 30.1 Å². The third kappa shape index (κ3) is 2.68. The Kier molecular flexibility index (Phi) is 3.94. The largest absolute Gasteiger partial charge is 0.244 e. The summed E-state index contributed by atoms with van der Waals surface area (Å²) in [7, 11) is -3.85. The maximum Gasteiger partial charge on any atom is 0.244 e. The highest BCUT2D eigenvalue weighted by atomic mass is 35.5. The molecule has 1 aliphatic carbocycles. The molecule has 1 saturated carbocycles. The quantitative estimate of drug-likeness (QED) is 0.867. The second kappa shape index (κ2) is 5.15. The molecule has 0 radical (unpaired) electrons. The van der Waals surface area contributed by atoms with E-state index in [4.69, 9.17) is 11.6 Å². The fraction of sp³-hybridized carbons (Fsp3) is 0.500. The lowest BCUT2D eigenvalue weighted by atomic mass is 10.0. The molecule has 0 unspecified atom stereocenters. The van der Waals surface area contributed by atoms with Crippen molar-refractivity contribution in [1.82, 2.24) is 4.72 Å². The van der Waals surface area contributed by atoms with Crippen molar-refractivity contribution >= 4 is 21.6 Å². The smallest absolute Gasteiger partial charge is 0.207 e. The predicted molar refractivity (Wildman–Crippen MR) is 68.6 cm³/mol. The van der Waals surface area contributed by atoms with Crippen LogP contribution in [-0.4, -0.2) is 19.8 Å². The van der Waals surface area contributed by atoms with Crippen LogP contribution in [0.1, 0.15) is 25.7 Å². The molecule has 1 aromatic rings. The molecular weight excluding hydrogens is 277 g/mol. The van der Waals surface area contributed by atoms with E-state index in [-0.39, 0.29) is 10.8 Å². The summed E-state index contributed by atoms with van der Waals surface area (Å²) in [5.41, 5.74) is -0.622. The van der Waals surface area contributed by atoms with Crippen molar-refractivity contribution in [2.45, 2.75) is 36.1 Å². The van der Waals surface area contributed by atoms with Gasteiger partial charge >= 0.3 is 0 Å². The van der Waals surface area contributed by atoms with Gasteiger partial charge in [-0.25, -0.2) is 17.5 Å². The van der Waals surface area contributed by atoms with Crippen LogP contribution in [0.25, 0.3) is 0 Å². The first kappa shape index (κ1) is 13.8. The topological polar surface area (TPSA) is 46.2 Å². The zero-order chi connectivity index (χ0) is 13.2. The molecule has 1 fully saturated rings. The van der Waals surface area contributed by atoms with E-state index in [0.717, 1.165) is 18.9 Å². The van der Waals surface area contributed by atoms with Gasteiger partial charge in [0.05, 0.1) is 0 Å². The van der Waals surface area contributed by atoms with Crippen LogP contribution in [0.5, 0.6) is 0 Å². The minimum absolute atomic E-state index is 0.209. The molecule has 1 N–H and O–H groups in total. The number of rotatable bonds is 4. The molecule has 100 valence electrons. The van der Waals surface area contributed by atoms with E-state index in [0.29, 0.717) is 12.8 Å². The number of benzene rings is 1. The van der Waals surface area contributed by atoms with Gasteiger partial charge in [0, 0.05) is 11.4 Å². The molecule has 2 rings (SSSR count). The summed E-state index contributed by atoms with van der Waals surface area (Å²) < 4.78 is 40.4. The summed E-state index contributed by atoms with van der Waals surface area (Å²) in [6.07, 6.45) is 3.27. The van der Waals surface area contributed by atoms with Crippen LogP contribution in [0.4, 0.5) is 4.39 Å². The standard InChI is InChI=1S/C12H15ClFNO2S/c13-9-12(7-3-4-8-12)15-18(16,17)11-6-2-1-5-10(11)14/h1-2,5-6,15H,3-4,7-9H2. The van der Waals surface area contributed by atoms with Gasteiger partial charge in [0.1, 0.15) is 10.7 Å². The van der Waals surface area contributed by atoms with Crippen molar-refractivity contribution in [3.63, 3.8) is 0 Å². The van der Waals surface area contributed by atoms with E-state index in [1.54, 1.807) is 0 Å². The fourth-order valence-corrected chi connectivity index (χ4v) is 4.27. The molecule has 18 heavy (non-hydrogen) atoms. The Balaban J connectivity index is 2.30. The minimum Gasteiger partial charge on any atom is -0.207 e. The fourth-order valence-electron chi connectivity index (χ4n) is 2.32. The first-order valence-corrected chi connectivity index (χ1v) is 7.85. The van der Waals surface area contributed by atoms with Crippen molar-refractivity contribution < 1.29 is 12.8 Å². The molecule has 0 aromatic heterocycles. The zero-order valence-corrected chi connectivity index (χ0v) is 11.4. The van der Waals surface area contributed by atoms with Gasteiger partial charge in [-0.05, 0) is 25.0 Å². The average molecular weight is 292 g/mol. The number of halogens is 2. The molecule has 1 aliphatic rings. The lowest BCUT2D eigenvalue weighted by Crippen LogP contribution is -2.47. The van der Waals surface area contributed by atoms with Crippen LogP contribution in [-0.2, 0) is 10.0 Å². The number of hydrogen-bond acceptors (Lipinski definition) is 2. The average Bonchev–Trinajstić information content (AvgIpc) is 2.78. The number of hydrogen-bond donors (Lipinski definition) is 1. The molecule has 0 amide bonds. The molecular formula is C12H15ClFNO2S. The van der Waals surface area contributed by atoms with E-state index in [9.17, 15) is 12.8 Å². The van der Waals surface area contributed by atoms with Crippen LogP contribution in [0.3, 0.4) is 0 Å². The molecule has 0 saturated heterocycles. The van der Waals surface area contributed by atoms with Crippen molar-refractivity contribution in [1.29, 1.82) is 0 Å². The van der Waals surface area contributed by atoms with Crippen LogP contribution in [0.15, 0.2) is 29.2 Å². The Bertz CT molecular complexity index is 527. The van der Waals surface area contributed by atoms with Crippen LogP contribution >= 0.6 is 11.6 Å². The molecule has 0 spiro atoms. The van der Waals surface area contributed by atoms with Gasteiger partial charge in [0.15, 0.2) is 0 Å². The zero-order valence-electron chi connectivity index (χ0n) is 9.83. The Labute approximate surface area is 111 Å². The normalized spacial score (nSPS) is 19.0. The molecule has 0 aliphatic heterocycles. The lowest BCUT2D eigenvalue weighted by molar-refractivity contribution is 0.431. The van der Waals surface area contributed by atoms with Crippen LogP contribution in [0.2, 0.25) is 0 Å². The van der Waals surface area contributed by atoms with Crippen LogP contribution in [0, 0.1) is 5.82 Å². The van der Waals surface area contributed by atoms with Gasteiger partial charge in [-0.2, -0.15) is 0 Å². The first-order valence-electron chi connectivity index (χ1n) is 5.84. The number of alkyl halides is 1. The third-order valence-electron chi connectivity index (χ3n) is 3.29. The number of sulfonamides is 1. The molecule has 1 aromatic carbocycles. The molecule has 0 atom stereocenters. The lowest BCUT2D eigenvalue weighted by Gasteiger charge is -2.27. The van der Waals surface area contributed by atoms with E-state index < -0.39 is 21.4 Å². The molecule has 0 bridgehead atoms. The summed E-state index contributed by atoms with van der Waals surface area (Å²) in [6, 6.07) is 5.35. The van der Waals surface area contributed by atoms with Gasteiger partial charge in [-0.15, -0.1) is 11.6 Å². The molecule has 0 heterocycles. The summed E-state index contributed by atoms with van der Waals surface area (Å²) in [4.78, 5) is -0.318. The maximum atomic E-state index is 13.5. The predicted octanol–water partition coefficient (Wildman–Crippen LogP) is 2.66. The summed E-state index contributed by atoms with van der Waals surface area (Å²) in [5, 5.41) is 0. The Hall–Kier alpha value is -0.650. The van der Waals surface area contributed by atoms with Gasteiger partial charge in [-0.3, -0.25) is 0 Å². The van der Waals surface area contributed by atoms with Crippen LogP contribution < -0.4 is 4.72 Å². The maximum absolute atomic E-state index is 13.5. The Morgan fingerprint density at radius 1 is 1.28 bits per heavy atom. The highest BCUT2D eigenvalue weighted by Crippen LogP contribution is 2.32. The first-order chi connectivity index (χ1) is 8.49. The van der Waals surface area contributed by atoms with E-state index in [1.807, 2.05) is 0 Å². The summed E-state index contributed by atoms with van der Waals surface area (Å²) in [5.74, 6) is -0.534. The third-order valence-corrected chi connectivity index (χ3v) is 5.42. The van der Waals surface area contributed by atoms with Crippen molar-refractivity contribution in [2.24, 2.45) is 0 Å². The second-order valence-electron chi connectivity index (χ2n) is 4.66. The molecule has 3 nitrogen and oxygen atoms in total. The summed E-state index contributed by atoms with van der Waals surface area (Å²) >= 11 is 5.88. The monoisotopic (exact) mass is 291 g/mol. The second-order valence-corrected chi connectivity index (χ2v) is 6.58. The Morgan fingerprint density at radius 3 is 2.44 bits per heavy atom. The minimum atomic E-state index is -3.85.